The highest BCUT2D eigenvalue weighted by Gasteiger charge is 2.32. The predicted molar refractivity (Wildman–Crippen MR) is 128 cm³/mol. The van der Waals surface area contributed by atoms with Gasteiger partial charge in [0.05, 0.1) is 4.90 Å². The lowest BCUT2D eigenvalue weighted by molar-refractivity contribution is 0.533. The van der Waals surface area contributed by atoms with Gasteiger partial charge in [0.15, 0.2) is 0 Å². The molecule has 0 atom stereocenters. The van der Waals surface area contributed by atoms with Crippen LogP contribution in [-0.2, 0) is 22.8 Å². The van der Waals surface area contributed by atoms with E-state index in [4.69, 9.17) is 16.0 Å². The fourth-order valence-electron chi connectivity index (χ4n) is 3.78. The van der Waals surface area contributed by atoms with Gasteiger partial charge < -0.3 is 9.32 Å². The summed E-state index contributed by atoms with van der Waals surface area (Å²) in [5, 5.41) is 0.500. The number of hydrogen-bond acceptors (Lipinski definition) is 5. The van der Waals surface area contributed by atoms with Crippen molar-refractivity contribution < 1.29 is 12.8 Å². The number of aromatic nitrogens is 1. The van der Waals surface area contributed by atoms with Gasteiger partial charge in [-0.1, -0.05) is 51.8 Å². The summed E-state index contributed by atoms with van der Waals surface area (Å²) in [5.41, 5.74) is 3.07. The largest absolute Gasteiger partial charge is 0.419 e. The Morgan fingerprint density at radius 2 is 1.62 bits per heavy atom. The van der Waals surface area contributed by atoms with Gasteiger partial charge in [-0.15, -0.1) is 0 Å². The first-order chi connectivity index (χ1) is 15.4. The summed E-state index contributed by atoms with van der Waals surface area (Å²) in [7, 11) is -3.90. The van der Waals surface area contributed by atoms with Crippen molar-refractivity contribution in [2.45, 2.75) is 22.9 Å². The Hall–Kier alpha value is -2.61. The first-order valence-electron chi connectivity index (χ1n) is 10.0. The van der Waals surface area contributed by atoms with E-state index in [1.54, 1.807) is 48.5 Å². The first-order valence-corrected chi connectivity index (χ1v) is 12.7. The van der Waals surface area contributed by atoms with Crippen LogP contribution >= 0.6 is 27.5 Å². The van der Waals surface area contributed by atoms with Crippen molar-refractivity contribution in [1.29, 1.82) is 0 Å². The second-order valence-electron chi connectivity index (χ2n) is 7.53. The highest BCUT2D eigenvalue weighted by molar-refractivity contribution is 9.10. The molecule has 0 radical (unpaired) electrons. The number of halogens is 2. The second-order valence-corrected chi connectivity index (χ2v) is 10.8. The fourth-order valence-corrected chi connectivity index (χ4v) is 5.50. The lowest BCUT2D eigenvalue weighted by atomic mass is 10.0. The molecule has 162 valence electrons. The van der Waals surface area contributed by atoms with Gasteiger partial charge in [-0.25, -0.2) is 8.42 Å². The maximum absolute atomic E-state index is 13.6. The minimum atomic E-state index is -3.90. The van der Waals surface area contributed by atoms with Crippen molar-refractivity contribution in [2.75, 3.05) is 11.4 Å². The predicted octanol–water partition coefficient (Wildman–Crippen LogP) is 6.15. The average Bonchev–Trinajstić information content (AvgIpc) is 3.26. The Balaban J connectivity index is 1.63. The number of hydrogen-bond donors (Lipinski definition) is 0. The molecule has 0 amide bonds. The van der Waals surface area contributed by atoms with E-state index in [0.717, 1.165) is 16.5 Å². The Bertz CT molecular complexity index is 1380. The zero-order valence-corrected chi connectivity index (χ0v) is 20.0. The molecule has 3 aromatic carbocycles. The molecule has 0 aliphatic carbocycles. The van der Waals surface area contributed by atoms with Crippen molar-refractivity contribution in [2.24, 2.45) is 0 Å². The summed E-state index contributed by atoms with van der Waals surface area (Å²) in [6, 6.07) is 21.7. The number of fused-ring (bicyclic) bond motifs is 1. The van der Waals surface area contributed by atoms with E-state index in [1.807, 2.05) is 17.0 Å². The Morgan fingerprint density at radius 3 is 2.34 bits per heavy atom. The molecule has 1 aliphatic heterocycles. The standard InChI is InChI=1S/C24H18BrClN2O3S/c25-19-7-11-21(12-8-19)32(29,30)23-24(28-14-13-16-3-1-2-4-18(16)15-28)31-22(27-23)17-5-9-20(26)10-6-17/h1-12H,13-15H2. The molecule has 32 heavy (non-hydrogen) atoms. The van der Waals surface area contributed by atoms with Crippen LogP contribution in [0, 0.1) is 0 Å². The molecule has 0 bridgehead atoms. The summed E-state index contributed by atoms with van der Waals surface area (Å²) in [4.78, 5) is 6.57. The lowest BCUT2D eigenvalue weighted by Gasteiger charge is -2.28. The van der Waals surface area contributed by atoms with Gasteiger partial charge in [0.25, 0.3) is 0 Å². The van der Waals surface area contributed by atoms with Gasteiger partial charge in [-0.3, -0.25) is 0 Å². The summed E-state index contributed by atoms with van der Waals surface area (Å²) in [6.07, 6.45) is 0.797. The maximum Gasteiger partial charge on any atom is 0.236 e. The Kier molecular flexibility index (Phi) is 5.57. The molecule has 0 saturated carbocycles. The molecule has 2 heterocycles. The molecule has 5 nitrogen and oxygen atoms in total. The van der Waals surface area contributed by atoms with E-state index >= 15 is 0 Å². The van der Waals surface area contributed by atoms with Crippen LogP contribution in [0.2, 0.25) is 5.02 Å². The van der Waals surface area contributed by atoms with E-state index in [2.05, 4.69) is 33.0 Å². The molecular formula is C24H18BrClN2O3S. The zero-order valence-electron chi connectivity index (χ0n) is 16.8. The van der Waals surface area contributed by atoms with E-state index in [1.165, 1.54) is 5.56 Å². The van der Waals surface area contributed by atoms with Crippen molar-refractivity contribution in [1.82, 2.24) is 4.98 Å². The second kappa shape index (κ2) is 8.39. The molecular weight excluding hydrogens is 512 g/mol. The number of sulfone groups is 1. The zero-order chi connectivity index (χ0) is 22.3. The average molecular weight is 530 g/mol. The lowest BCUT2D eigenvalue weighted by Crippen LogP contribution is -2.31. The highest BCUT2D eigenvalue weighted by Crippen LogP contribution is 2.37. The van der Waals surface area contributed by atoms with Crippen molar-refractivity contribution in [3.05, 3.63) is 93.4 Å². The third-order valence-electron chi connectivity index (χ3n) is 5.47. The molecule has 0 saturated heterocycles. The van der Waals surface area contributed by atoms with E-state index < -0.39 is 9.84 Å². The van der Waals surface area contributed by atoms with Gasteiger partial charge in [0.2, 0.25) is 26.6 Å². The normalized spacial score (nSPS) is 13.8. The summed E-state index contributed by atoms with van der Waals surface area (Å²) >= 11 is 9.37. The number of oxazole rings is 1. The van der Waals surface area contributed by atoms with E-state index in [0.29, 0.717) is 23.7 Å². The van der Waals surface area contributed by atoms with Crippen molar-refractivity contribution >= 4 is 43.3 Å². The van der Waals surface area contributed by atoms with Crippen LogP contribution in [-0.4, -0.2) is 19.9 Å². The fraction of sp³-hybridized carbons (Fsp3) is 0.125. The molecule has 0 spiro atoms. The highest BCUT2D eigenvalue weighted by atomic mass is 79.9. The maximum atomic E-state index is 13.6. The monoisotopic (exact) mass is 528 g/mol. The SMILES string of the molecule is O=S(=O)(c1ccc(Br)cc1)c1nc(-c2ccc(Cl)cc2)oc1N1CCc2ccccc2C1. The van der Waals surface area contributed by atoms with Crippen molar-refractivity contribution in [3.8, 4) is 11.5 Å². The van der Waals surface area contributed by atoms with Crippen LogP contribution in [0.1, 0.15) is 11.1 Å². The third kappa shape index (κ3) is 3.96. The van der Waals surface area contributed by atoms with Crippen LogP contribution in [0.3, 0.4) is 0 Å². The summed E-state index contributed by atoms with van der Waals surface area (Å²) < 4.78 is 34.0. The molecule has 1 aliphatic rings. The van der Waals surface area contributed by atoms with Gasteiger partial charge in [0.1, 0.15) is 0 Å². The van der Waals surface area contributed by atoms with Crippen LogP contribution in [0.25, 0.3) is 11.5 Å². The van der Waals surface area contributed by atoms with E-state index in [-0.39, 0.29) is 21.7 Å². The summed E-state index contributed by atoms with van der Waals surface area (Å²) in [5.74, 6) is 0.499. The molecule has 0 N–H and O–H groups in total. The molecule has 8 heteroatoms. The quantitative estimate of drug-likeness (QED) is 0.317. The smallest absolute Gasteiger partial charge is 0.236 e. The Morgan fingerprint density at radius 1 is 0.938 bits per heavy atom. The molecule has 1 aromatic heterocycles. The van der Waals surface area contributed by atoms with Crippen molar-refractivity contribution in [3.63, 3.8) is 0 Å². The van der Waals surface area contributed by atoms with Gasteiger partial charge >= 0.3 is 0 Å². The summed E-state index contributed by atoms with van der Waals surface area (Å²) in [6.45, 7) is 1.18. The molecule has 4 aromatic rings. The first kappa shape index (κ1) is 21.2. The molecule has 5 rings (SSSR count). The Labute approximate surface area is 199 Å². The molecule has 0 unspecified atom stereocenters. The van der Waals surface area contributed by atoms with Crippen LogP contribution in [0.5, 0.6) is 0 Å². The van der Waals surface area contributed by atoms with Gasteiger partial charge in [0, 0.05) is 28.1 Å². The van der Waals surface area contributed by atoms with Gasteiger partial charge in [-0.05, 0) is 66.1 Å². The van der Waals surface area contributed by atoms with E-state index in [9.17, 15) is 8.42 Å². The number of benzene rings is 3. The minimum Gasteiger partial charge on any atom is -0.419 e. The number of rotatable bonds is 4. The topological polar surface area (TPSA) is 63.4 Å². The number of nitrogens with zero attached hydrogens (tertiary/aromatic N) is 2. The van der Waals surface area contributed by atoms with Crippen LogP contribution < -0.4 is 4.90 Å². The molecule has 0 fully saturated rings. The minimum absolute atomic E-state index is 0.0795. The van der Waals surface area contributed by atoms with Crippen LogP contribution in [0.4, 0.5) is 5.88 Å². The van der Waals surface area contributed by atoms with Crippen LogP contribution in [0.15, 0.2) is 91.6 Å². The third-order valence-corrected chi connectivity index (χ3v) is 7.92. The van der Waals surface area contributed by atoms with Gasteiger partial charge in [-0.2, -0.15) is 4.98 Å². The number of anilines is 1.